The Morgan fingerprint density at radius 3 is 1.60 bits per heavy atom. The normalized spacial score (nSPS) is 11.8. The number of furan rings is 1. The van der Waals surface area contributed by atoms with Crippen LogP contribution in [0.3, 0.4) is 0 Å². The molecule has 1 N–H and O–H groups in total. The van der Waals surface area contributed by atoms with E-state index in [-0.39, 0.29) is 0 Å². The number of benzene rings is 8. The largest absolute Gasteiger partial charge is 0.456 e. The smallest absolute Gasteiger partial charge is 0.164 e. The zero-order valence-electron chi connectivity index (χ0n) is 32.6. The third kappa shape index (κ3) is 6.35. The number of para-hydroxylation sites is 3. The van der Waals surface area contributed by atoms with E-state index in [0.29, 0.717) is 17.5 Å². The Morgan fingerprint density at radius 1 is 0.483 bits per heavy atom. The molecule has 7 heteroatoms. The number of aromatic nitrogens is 4. The molecule has 11 rings (SSSR count). The van der Waals surface area contributed by atoms with E-state index in [2.05, 4.69) is 102 Å². The molecule has 11 aromatic rings. The molecule has 7 nitrogen and oxygen atoms in total. The van der Waals surface area contributed by atoms with Crippen molar-refractivity contribution in [3.63, 3.8) is 0 Å². The van der Waals surface area contributed by atoms with Gasteiger partial charge in [0.15, 0.2) is 17.5 Å². The van der Waals surface area contributed by atoms with E-state index < -0.39 is 0 Å². The zero-order valence-corrected chi connectivity index (χ0v) is 32.6. The van der Waals surface area contributed by atoms with Gasteiger partial charge in [0.05, 0.1) is 22.4 Å². The van der Waals surface area contributed by atoms with Crippen molar-refractivity contribution in [1.29, 1.82) is 0 Å². The number of rotatable bonds is 8. The Labute approximate surface area is 346 Å². The van der Waals surface area contributed by atoms with Crippen molar-refractivity contribution < 1.29 is 4.42 Å². The topological polar surface area (TPSA) is 81.1 Å². The highest BCUT2D eigenvalue weighted by Crippen LogP contribution is 2.39. The Bertz CT molecular complexity index is 3280. The van der Waals surface area contributed by atoms with Crippen LogP contribution in [0.25, 0.3) is 83.6 Å². The van der Waals surface area contributed by atoms with Gasteiger partial charge >= 0.3 is 0 Å². The lowest BCUT2D eigenvalue weighted by Gasteiger charge is -2.13. The summed E-state index contributed by atoms with van der Waals surface area (Å²) in [4.78, 5) is 20.0. The van der Waals surface area contributed by atoms with Gasteiger partial charge in [0, 0.05) is 61.4 Å². The van der Waals surface area contributed by atoms with Crippen molar-refractivity contribution >= 4 is 66.5 Å². The van der Waals surface area contributed by atoms with Crippen molar-refractivity contribution in [1.82, 2.24) is 19.5 Å². The lowest BCUT2D eigenvalue weighted by Crippen LogP contribution is -2.00. The predicted octanol–water partition coefficient (Wildman–Crippen LogP) is 13.8. The first kappa shape index (κ1) is 35.0. The maximum absolute atomic E-state index is 6.34. The number of aliphatic imine (C=N–C) groups is 1. The Kier molecular flexibility index (Phi) is 8.56. The molecule has 0 aliphatic carbocycles. The van der Waals surface area contributed by atoms with Crippen LogP contribution < -0.4 is 5.32 Å². The highest BCUT2D eigenvalue weighted by atomic mass is 16.3. The summed E-state index contributed by atoms with van der Waals surface area (Å²) in [7, 11) is 0. The number of anilines is 2. The molecule has 0 spiro atoms. The molecule has 0 atom stereocenters. The molecular weight excluding hydrogens is 737 g/mol. The van der Waals surface area contributed by atoms with Crippen LogP contribution in [0.15, 0.2) is 204 Å². The molecule has 0 saturated heterocycles. The second kappa shape index (κ2) is 14.7. The van der Waals surface area contributed by atoms with Crippen molar-refractivity contribution in [3.8, 4) is 39.9 Å². The SMILES string of the molecule is CC(=Nc1cc2c(cc1Nc1ccc(-c3nc(-c4ccccc4)nc(-c4ccccc4)n3)cc1)oc1ccccc12)c1ccc(-n2c3ccccc3c3ccccc32)cc1. The number of nitrogens with one attached hydrogen (secondary N) is 1. The maximum Gasteiger partial charge on any atom is 0.164 e. The molecule has 0 bridgehead atoms. The van der Waals surface area contributed by atoms with Crippen LogP contribution in [0, 0.1) is 0 Å². The lowest BCUT2D eigenvalue weighted by atomic mass is 10.1. The fourth-order valence-corrected chi connectivity index (χ4v) is 8.05. The molecule has 0 unspecified atom stereocenters. The van der Waals surface area contributed by atoms with Gasteiger partial charge in [-0.15, -0.1) is 0 Å². The molecule has 3 heterocycles. The zero-order chi connectivity index (χ0) is 40.0. The summed E-state index contributed by atoms with van der Waals surface area (Å²) in [6, 6.07) is 66.3. The molecule has 0 fully saturated rings. The van der Waals surface area contributed by atoms with Gasteiger partial charge in [0.2, 0.25) is 0 Å². The number of hydrogen-bond donors (Lipinski definition) is 1. The summed E-state index contributed by atoms with van der Waals surface area (Å²) < 4.78 is 8.67. The molecule has 3 aromatic heterocycles. The first-order chi connectivity index (χ1) is 29.6. The third-order valence-electron chi connectivity index (χ3n) is 11.0. The number of fused-ring (bicyclic) bond motifs is 6. The van der Waals surface area contributed by atoms with Gasteiger partial charge in [-0.3, -0.25) is 4.99 Å². The lowest BCUT2D eigenvalue weighted by molar-refractivity contribution is 0.669. The van der Waals surface area contributed by atoms with Crippen molar-refractivity contribution in [2.45, 2.75) is 6.92 Å². The Morgan fingerprint density at radius 2 is 1.00 bits per heavy atom. The van der Waals surface area contributed by atoms with Gasteiger partial charge in [-0.2, -0.15) is 0 Å². The molecule has 0 amide bonds. The van der Waals surface area contributed by atoms with Crippen LogP contribution >= 0.6 is 0 Å². The molecule has 60 heavy (non-hydrogen) atoms. The van der Waals surface area contributed by atoms with E-state index in [1.165, 1.54) is 21.8 Å². The molecule has 284 valence electrons. The van der Waals surface area contributed by atoms with E-state index in [4.69, 9.17) is 24.4 Å². The second-order valence-corrected chi connectivity index (χ2v) is 14.8. The van der Waals surface area contributed by atoms with Gasteiger partial charge < -0.3 is 14.3 Å². The minimum absolute atomic E-state index is 0.600. The van der Waals surface area contributed by atoms with Crippen LogP contribution in [-0.2, 0) is 0 Å². The molecule has 0 aliphatic rings. The third-order valence-corrected chi connectivity index (χ3v) is 11.0. The Hall–Kier alpha value is -8.16. The van der Waals surface area contributed by atoms with Crippen molar-refractivity contribution in [3.05, 3.63) is 200 Å². The van der Waals surface area contributed by atoms with Gasteiger partial charge in [0.1, 0.15) is 11.2 Å². The van der Waals surface area contributed by atoms with Gasteiger partial charge in [-0.1, -0.05) is 127 Å². The monoisotopic (exact) mass is 772 g/mol. The fraction of sp³-hybridized carbons (Fsp3) is 0.0189. The minimum Gasteiger partial charge on any atom is -0.456 e. The van der Waals surface area contributed by atoms with Crippen LogP contribution in [0.4, 0.5) is 17.1 Å². The van der Waals surface area contributed by atoms with E-state index in [1.807, 2.05) is 109 Å². The summed E-state index contributed by atoms with van der Waals surface area (Å²) in [5, 5.41) is 8.21. The van der Waals surface area contributed by atoms with Crippen molar-refractivity contribution in [2.75, 3.05) is 5.32 Å². The summed E-state index contributed by atoms with van der Waals surface area (Å²) in [5.41, 5.74) is 12.3. The average molecular weight is 773 g/mol. The Balaban J connectivity index is 0.949. The molecule has 0 saturated carbocycles. The van der Waals surface area contributed by atoms with Gasteiger partial charge in [-0.25, -0.2) is 15.0 Å². The number of hydrogen-bond acceptors (Lipinski definition) is 6. The van der Waals surface area contributed by atoms with Crippen LogP contribution in [0.5, 0.6) is 0 Å². The van der Waals surface area contributed by atoms with E-state index >= 15 is 0 Å². The highest BCUT2D eigenvalue weighted by molar-refractivity contribution is 6.10. The first-order valence-electron chi connectivity index (χ1n) is 20.0. The van der Waals surface area contributed by atoms with Crippen molar-refractivity contribution in [2.24, 2.45) is 4.99 Å². The minimum atomic E-state index is 0.600. The fourth-order valence-electron chi connectivity index (χ4n) is 8.05. The van der Waals surface area contributed by atoms with Crippen LogP contribution in [0.1, 0.15) is 12.5 Å². The van der Waals surface area contributed by atoms with E-state index in [1.54, 1.807) is 0 Å². The molecular formula is C53H36N6O. The molecule has 0 radical (unpaired) electrons. The van der Waals surface area contributed by atoms with Gasteiger partial charge in [0.25, 0.3) is 0 Å². The quantitative estimate of drug-likeness (QED) is 0.156. The summed E-state index contributed by atoms with van der Waals surface area (Å²) in [5.74, 6) is 1.85. The highest BCUT2D eigenvalue weighted by Gasteiger charge is 2.16. The van der Waals surface area contributed by atoms with E-state index in [9.17, 15) is 0 Å². The first-order valence-corrected chi connectivity index (χ1v) is 20.0. The molecule has 8 aromatic carbocycles. The van der Waals surface area contributed by atoms with Crippen LogP contribution in [0.2, 0.25) is 0 Å². The second-order valence-electron chi connectivity index (χ2n) is 14.8. The predicted molar refractivity (Wildman–Crippen MR) is 246 cm³/mol. The average Bonchev–Trinajstić information content (AvgIpc) is 3.85. The standard InChI is InChI=1S/C53H36N6O/c1-34(35-26-30-40(31-27-35)59-47-21-11-8-18-41(47)42-19-9-12-22-48(42)59)54-45-32-44-43-20-10-13-23-49(43)60-50(44)33-46(45)55-39-28-24-38(25-29-39)53-57-51(36-14-4-2-5-15-36)56-52(58-53)37-16-6-3-7-17-37/h2-33,55H,1H3. The van der Waals surface area contributed by atoms with E-state index in [0.717, 1.165) is 72.7 Å². The summed E-state index contributed by atoms with van der Waals surface area (Å²) >= 11 is 0. The number of nitrogens with zero attached hydrogens (tertiary/aromatic N) is 5. The summed E-state index contributed by atoms with van der Waals surface area (Å²) in [6.07, 6.45) is 0. The molecule has 0 aliphatic heterocycles. The maximum atomic E-state index is 6.34. The summed E-state index contributed by atoms with van der Waals surface area (Å²) in [6.45, 7) is 2.06. The van der Waals surface area contributed by atoms with Crippen LogP contribution in [-0.4, -0.2) is 25.2 Å². The van der Waals surface area contributed by atoms with Gasteiger partial charge in [-0.05, 0) is 73.2 Å².